The van der Waals surface area contributed by atoms with Crippen molar-refractivity contribution in [3.05, 3.63) is 46.5 Å². The smallest absolute Gasteiger partial charge is 0.407 e. The molecule has 0 aliphatic carbocycles. The molecule has 37 heavy (non-hydrogen) atoms. The summed E-state index contributed by atoms with van der Waals surface area (Å²) in [6, 6.07) is 7.79. The Kier molecular flexibility index (Phi) is 8.92. The average molecular weight is 534 g/mol. The van der Waals surface area contributed by atoms with E-state index in [1.165, 1.54) is 18.2 Å². The maximum Gasteiger partial charge on any atom is 0.407 e. The lowest BCUT2D eigenvalue weighted by Gasteiger charge is -2.44. The van der Waals surface area contributed by atoms with Crippen molar-refractivity contribution in [2.24, 2.45) is 5.92 Å². The zero-order valence-electron chi connectivity index (χ0n) is 23.7. The lowest BCUT2D eigenvalue weighted by atomic mass is 9.96. The molecule has 2 heterocycles. The summed E-state index contributed by atoms with van der Waals surface area (Å²) in [5.41, 5.74) is -0.101. The molecular formula is C28H44FN3O4Si. The third-order valence-corrected chi connectivity index (χ3v) is 11.9. The third-order valence-electron chi connectivity index (χ3n) is 7.37. The first-order valence-electron chi connectivity index (χ1n) is 13.2. The van der Waals surface area contributed by atoms with Gasteiger partial charge in [-0.2, -0.15) is 0 Å². The van der Waals surface area contributed by atoms with E-state index in [1.807, 2.05) is 20.8 Å². The van der Waals surface area contributed by atoms with Gasteiger partial charge in [-0.25, -0.2) is 9.18 Å². The molecule has 1 aliphatic rings. The fourth-order valence-electron chi connectivity index (χ4n) is 4.53. The largest absolute Gasteiger partial charge is 0.444 e. The molecule has 0 radical (unpaired) electrons. The predicted molar refractivity (Wildman–Crippen MR) is 149 cm³/mol. The molecule has 1 amide bonds. The Morgan fingerprint density at radius 3 is 2.41 bits per heavy atom. The van der Waals surface area contributed by atoms with Crippen molar-refractivity contribution < 1.29 is 18.3 Å². The van der Waals surface area contributed by atoms with Crippen LogP contribution in [0.4, 0.5) is 9.18 Å². The van der Waals surface area contributed by atoms with Crippen LogP contribution in [0.2, 0.25) is 18.1 Å². The summed E-state index contributed by atoms with van der Waals surface area (Å²) in [4.78, 5) is 27.3. The number of hydrogen-bond donors (Lipinski definition) is 1. The quantitative estimate of drug-likeness (QED) is 0.484. The summed E-state index contributed by atoms with van der Waals surface area (Å²) in [6.45, 7) is 19.8. The summed E-state index contributed by atoms with van der Waals surface area (Å²) in [6.07, 6.45) is 0.454. The first kappa shape index (κ1) is 29.3. The molecule has 0 saturated carbocycles. The van der Waals surface area contributed by atoms with Crippen LogP contribution < -0.4 is 10.9 Å². The lowest BCUT2D eigenvalue weighted by molar-refractivity contribution is 0.0361. The first-order valence-corrected chi connectivity index (χ1v) is 16.1. The Hall–Kier alpha value is -2.23. The van der Waals surface area contributed by atoms with E-state index in [0.29, 0.717) is 25.2 Å². The Bertz CT molecular complexity index is 1150. The van der Waals surface area contributed by atoms with Crippen LogP contribution in [0.15, 0.2) is 35.1 Å². The van der Waals surface area contributed by atoms with Gasteiger partial charge in [-0.3, -0.25) is 9.69 Å². The van der Waals surface area contributed by atoms with Gasteiger partial charge in [0.2, 0.25) is 0 Å². The Labute approximate surface area is 221 Å². The molecule has 2 aromatic rings. The number of nitrogens with one attached hydrogen (secondary N) is 1. The number of aromatic nitrogens is 1. The molecule has 1 N–H and O–H groups in total. The van der Waals surface area contributed by atoms with Crippen LogP contribution in [0.25, 0.3) is 10.9 Å². The standard InChI is InChI=1S/C28H44FN3O4Si/c1-27(2,3)35-26(34)30-17-20-15-23(36-37(7,8)28(4,5)6)19-31(18-20)13-14-32-24-16-22(29)11-9-21(24)10-12-25(32)33/h9-12,16,20,23H,13-15,17-19H2,1-8H3,(H,30,34). The van der Waals surface area contributed by atoms with Crippen LogP contribution in [0, 0.1) is 11.7 Å². The number of hydrogen-bond acceptors (Lipinski definition) is 5. The van der Waals surface area contributed by atoms with Crippen molar-refractivity contribution in [2.45, 2.75) is 84.3 Å². The highest BCUT2D eigenvalue weighted by Crippen LogP contribution is 2.38. The van der Waals surface area contributed by atoms with E-state index in [4.69, 9.17) is 9.16 Å². The van der Waals surface area contributed by atoms with Crippen LogP contribution in [-0.4, -0.2) is 61.8 Å². The minimum atomic E-state index is -2.00. The van der Waals surface area contributed by atoms with Gasteiger partial charge in [-0.15, -0.1) is 0 Å². The zero-order chi connectivity index (χ0) is 27.6. The number of nitrogens with zero attached hydrogens (tertiary/aromatic N) is 2. The number of alkyl carbamates (subject to hydrolysis) is 1. The van der Waals surface area contributed by atoms with Gasteiger partial charge in [0.25, 0.3) is 5.56 Å². The van der Waals surface area contributed by atoms with Gasteiger partial charge in [-0.1, -0.05) is 20.8 Å². The van der Waals surface area contributed by atoms with E-state index in [1.54, 1.807) is 16.7 Å². The number of fused-ring (bicyclic) bond motifs is 1. The van der Waals surface area contributed by atoms with Gasteiger partial charge >= 0.3 is 6.09 Å². The molecule has 2 atom stereocenters. The number of carbonyl (C=O) groups is 1. The number of piperidine rings is 1. The maximum atomic E-state index is 14.0. The second kappa shape index (κ2) is 11.3. The van der Waals surface area contributed by atoms with Crippen molar-refractivity contribution in [1.82, 2.24) is 14.8 Å². The summed E-state index contributed by atoms with van der Waals surface area (Å²) in [7, 11) is -2.00. The molecule has 2 unspecified atom stereocenters. The number of likely N-dealkylation sites (tertiary alicyclic amines) is 1. The lowest BCUT2D eigenvalue weighted by Crippen LogP contribution is -2.53. The van der Waals surface area contributed by atoms with Crippen molar-refractivity contribution in [3.8, 4) is 0 Å². The summed E-state index contributed by atoms with van der Waals surface area (Å²) < 4.78 is 27.8. The van der Waals surface area contributed by atoms with E-state index in [2.05, 4.69) is 44.1 Å². The minimum absolute atomic E-state index is 0.0294. The second-order valence-electron chi connectivity index (χ2n) is 12.8. The van der Waals surface area contributed by atoms with Gasteiger partial charge in [0.15, 0.2) is 8.32 Å². The average Bonchev–Trinajstić information content (AvgIpc) is 2.74. The molecule has 206 valence electrons. The highest BCUT2D eigenvalue weighted by Gasteiger charge is 2.41. The molecule has 0 spiro atoms. The second-order valence-corrected chi connectivity index (χ2v) is 17.5. The molecule has 1 aliphatic heterocycles. The van der Waals surface area contributed by atoms with Crippen molar-refractivity contribution in [2.75, 3.05) is 26.2 Å². The molecule has 0 bridgehead atoms. The number of carbonyl (C=O) groups excluding carboxylic acids is 1. The molecule has 1 fully saturated rings. The van der Waals surface area contributed by atoms with Crippen LogP contribution >= 0.6 is 0 Å². The number of pyridine rings is 1. The van der Waals surface area contributed by atoms with Gasteiger partial charge in [0.1, 0.15) is 11.4 Å². The number of ether oxygens (including phenoxy) is 1. The fraction of sp³-hybridized carbons (Fsp3) is 0.643. The minimum Gasteiger partial charge on any atom is -0.444 e. The fourth-order valence-corrected chi connectivity index (χ4v) is 5.89. The number of benzene rings is 1. The van der Waals surface area contributed by atoms with Crippen LogP contribution in [0.3, 0.4) is 0 Å². The molecule has 1 saturated heterocycles. The zero-order valence-corrected chi connectivity index (χ0v) is 24.7. The highest BCUT2D eigenvalue weighted by atomic mass is 28.4. The molecule has 3 rings (SSSR count). The number of halogens is 1. The van der Waals surface area contributed by atoms with E-state index >= 15 is 0 Å². The monoisotopic (exact) mass is 533 g/mol. The van der Waals surface area contributed by atoms with Crippen molar-refractivity contribution in [1.29, 1.82) is 0 Å². The van der Waals surface area contributed by atoms with Gasteiger partial charge in [-0.05, 0) is 80.9 Å². The van der Waals surface area contributed by atoms with Gasteiger partial charge < -0.3 is 19.0 Å². The van der Waals surface area contributed by atoms with E-state index < -0.39 is 20.0 Å². The molecule has 1 aromatic heterocycles. The first-order chi connectivity index (χ1) is 17.0. The third kappa shape index (κ3) is 8.12. The van der Waals surface area contributed by atoms with Crippen LogP contribution in [0.5, 0.6) is 0 Å². The Balaban J connectivity index is 1.75. The van der Waals surface area contributed by atoms with Crippen LogP contribution in [-0.2, 0) is 15.7 Å². The van der Waals surface area contributed by atoms with E-state index in [9.17, 15) is 14.0 Å². The Morgan fingerprint density at radius 2 is 1.76 bits per heavy atom. The van der Waals surface area contributed by atoms with E-state index in [0.717, 1.165) is 24.9 Å². The molecule has 1 aromatic carbocycles. The molecule has 9 heteroatoms. The number of rotatable bonds is 7. The summed E-state index contributed by atoms with van der Waals surface area (Å²) in [5, 5.41) is 3.84. The molecular weight excluding hydrogens is 489 g/mol. The van der Waals surface area contributed by atoms with E-state index in [-0.39, 0.29) is 28.4 Å². The van der Waals surface area contributed by atoms with Gasteiger partial charge in [0.05, 0.1) is 11.6 Å². The van der Waals surface area contributed by atoms with Gasteiger partial charge in [0, 0.05) is 38.8 Å². The normalized spacial score (nSPS) is 19.7. The SMILES string of the molecule is CC(C)(C)OC(=O)NCC1CC(O[Si](C)(C)C(C)(C)C)CN(CCn2c(=O)ccc3ccc(F)cc32)C1. The molecule has 7 nitrogen and oxygen atoms in total. The Morgan fingerprint density at radius 1 is 1.08 bits per heavy atom. The highest BCUT2D eigenvalue weighted by molar-refractivity contribution is 6.74. The van der Waals surface area contributed by atoms with Crippen molar-refractivity contribution in [3.63, 3.8) is 0 Å². The number of amides is 1. The van der Waals surface area contributed by atoms with Crippen molar-refractivity contribution >= 4 is 25.3 Å². The topological polar surface area (TPSA) is 72.8 Å². The summed E-state index contributed by atoms with van der Waals surface area (Å²) >= 11 is 0. The summed E-state index contributed by atoms with van der Waals surface area (Å²) in [5.74, 6) is -0.182. The van der Waals surface area contributed by atoms with Crippen LogP contribution in [0.1, 0.15) is 48.0 Å². The maximum absolute atomic E-state index is 14.0. The predicted octanol–water partition coefficient (Wildman–Crippen LogP) is 5.38.